The number of carbonyl (C=O) groups excluding carboxylic acids is 1. The van der Waals surface area contributed by atoms with Gasteiger partial charge in [0.2, 0.25) is 0 Å². The second-order valence-electron chi connectivity index (χ2n) is 8.37. The van der Waals surface area contributed by atoms with Crippen LogP contribution in [0.25, 0.3) is 11.2 Å². The number of aromatic nitrogens is 4. The van der Waals surface area contributed by atoms with Crippen LogP contribution in [0.5, 0.6) is 0 Å². The molecule has 0 amide bonds. The number of esters is 1. The van der Waals surface area contributed by atoms with E-state index in [4.69, 9.17) is 19.9 Å². The lowest BCUT2D eigenvalue weighted by Crippen LogP contribution is -2.38. The number of nitrogens with zero attached hydrogens (tertiary/aromatic N) is 4. The molecule has 2 fully saturated rings. The van der Waals surface area contributed by atoms with Gasteiger partial charge in [-0.05, 0) is 0 Å². The molecule has 4 rings (SSSR count). The van der Waals surface area contributed by atoms with Gasteiger partial charge in [0, 0.05) is 6.92 Å². The standard InChI is InChI=1S/C17H25N5O15P2/c1-6(23)34-13-8(36-17(27)12(13)26)3-33-39(30,31)37-38(28,29)32-2-7-10(24)11(25)16(35-7)22-5-21-9-14(18)19-4-20-15(9)22/h4-5,7-8,10-13,16-17,24-27H,2-3H2,1H3,(H,28,29)(H,30,31)(H2,18,19,20)/t7-,8-,10-,11-,12-,13-,16-,17?/m1/s1/i3+1,8+1,12+1,13+1,17+1. The number of aliphatic hydroxyl groups excluding tert-OH is 4. The predicted octanol–water partition coefficient (Wildman–Crippen LogP) is -2.71. The Balaban J connectivity index is 1.34. The molecule has 20 nitrogen and oxygen atoms in total. The zero-order chi connectivity index (χ0) is 28.7. The van der Waals surface area contributed by atoms with Gasteiger partial charge in [-0.2, -0.15) is 4.31 Å². The highest BCUT2D eigenvalue weighted by atomic mass is 31.3. The Morgan fingerprint density at radius 2 is 1.64 bits per heavy atom. The first kappa shape index (κ1) is 29.8. The third-order valence-electron chi connectivity index (χ3n) is 5.62. The van der Waals surface area contributed by atoms with Crippen molar-refractivity contribution in [3.8, 4) is 0 Å². The highest BCUT2D eigenvalue weighted by Gasteiger charge is 2.48. The zero-order valence-electron chi connectivity index (χ0n) is 19.8. The number of hydrogen-bond donors (Lipinski definition) is 7. The maximum atomic E-state index is 12.3. The number of rotatable bonds is 10. The second-order valence-corrected chi connectivity index (χ2v) is 11.4. The van der Waals surface area contributed by atoms with E-state index in [2.05, 4.69) is 28.3 Å². The lowest BCUT2D eigenvalue weighted by atomic mass is 10.1. The zero-order valence-corrected chi connectivity index (χ0v) is 21.6. The summed E-state index contributed by atoms with van der Waals surface area (Å²) in [7, 11) is -10.7. The van der Waals surface area contributed by atoms with E-state index in [0.717, 1.165) is 13.3 Å². The first-order valence-corrected chi connectivity index (χ1v) is 14.0. The summed E-state index contributed by atoms with van der Waals surface area (Å²) in [6.45, 7) is -0.821. The van der Waals surface area contributed by atoms with Crippen molar-refractivity contribution < 1.29 is 71.7 Å². The minimum atomic E-state index is -5.35. The molecule has 8 N–H and O–H groups in total. The maximum absolute atomic E-state index is 12.3. The number of hydrogen-bond acceptors (Lipinski definition) is 17. The quantitative estimate of drug-likeness (QED) is 0.0821. The predicted molar refractivity (Wildman–Crippen MR) is 121 cm³/mol. The highest BCUT2D eigenvalue weighted by Crippen LogP contribution is 2.60. The molecule has 0 spiro atoms. The average molecular weight is 606 g/mol. The Morgan fingerprint density at radius 1 is 1.00 bits per heavy atom. The SMILES string of the molecule is CC(=O)O[13C@@H]1[13C@@H]([13CH2]OP(=O)(O)OP(=O)(O)OC[C@H]2O[C@@H](n3cnc4c(N)ncnc43)[C@H](O)[C@@H]2O)O[13CH](O)[13C@@H]1O. The number of phosphoric acid groups is 2. The fraction of sp³-hybridized carbons (Fsp3) is 0.647. The summed E-state index contributed by atoms with van der Waals surface area (Å²) in [4.78, 5) is 42.7. The summed E-state index contributed by atoms with van der Waals surface area (Å²) >= 11 is 0. The minimum Gasteiger partial charge on any atom is -0.457 e. The lowest BCUT2D eigenvalue weighted by Gasteiger charge is -2.22. The number of imidazole rings is 1. The van der Waals surface area contributed by atoms with Gasteiger partial charge in [-0.3, -0.25) is 18.4 Å². The monoisotopic (exact) mass is 606 g/mol. The number of nitrogen functional groups attached to an aromatic ring is 1. The summed E-state index contributed by atoms with van der Waals surface area (Å²) in [6.07, 6.45) is -10.0. The number of anilines is 1. The molecular weight excluding hydrogens is 581 g/mol. The Labute approximate surface area is 218 Å². The van der Waals surface area contributed by atoms with Gasteiger partial charge in [-0.15, -0.1) is 0 Å². The van der Waals surface area contributed by atoms with E-state index in [9.17, 15) is 44.1 Å². The smallest absolute Gasteiger partial charge is 0.457 e. The van der Waals surface area contributed by atoms with E-state index in [1.54, 1.807) is 0 Å². The normalized spacial score (nSPS) is 34.1. The van der Waals surface area contributed by atoms with Crippen molar-refractivity contribution in [3.63, 3.8) is 0 Å². The van der Waals surface area contributed by atoms with Crippen molar-refractivity contribution in [1.29, 1.82) is 0 Å². The van der Waals surface area contributed by atoms with Gasteiger partial charge in [0.15, 0.2) is 30.1 Å². The summed E-state index contributed by atoms with van der Waals surface area (Å²) < 4.78 is 54.3. The fourth-order valence-electron chi connectivity index (χ4n) is 3.86. The van der Waals surface area contributed by atoms with Crippen LogP contribution in [0.1, 0.15) is 13.2 Å². The molecule has 10 atom stereocenters. The van der Waals surface area contributed by atoms with Crippen molar-refractivity contribution in [3.05, 3.63) is 12.7 Å². The first-order chi connectivity index (χ1) is 18.2. The molecule has 0 aliphatic carbocycles. The lowest BCUT2D eigenvalue weighted by molar-refractivity contribution is -0.153. The molecule has 39 heavy (non-hydrogen) atoms. The van der Waals surface area contributed by atoms with Gasteiger partial charge in [-0.25, -0.2) is 24.1 Å². The Kier molecular flexibility index (Phi) is 8.70. The van der Waals surface area contributed by atoms with Crippen molar-refractivity contribution >= 4 is 38.6 Å². The second kappa shape index (κ2) is 11.4. The molecule has 3 unspecified atom stereocenters. The molecule has 218 valence electrons. The minimum absolute atomic E-state index is 0.0504. The molecule has 0 saturated carbocycles. The first-order valence-electron chi connectivity index (χ1n) is 11.0. The van der Waals surface area contributed by atoms with Crippen LogP contribution in [-0.4, -0.2) is 112 Å². The van der Waals surface area contributed by atoms with Crippen LogP contribution in [0.4, 0.5) is 5.82 Å². The maximum Gasteiger partial charge on any atom is 0.481 e. The number of phosphoric ester groups is 2. The van der Waals surface area contributed by atoms with E-state index in [-0.39, 0.29) is 17.0 Å². The van der Waals surface area contributed by atoms with Crippen molar-refractivity contribution in [2.24, 2.45) is 0 Å². The van der Waals surface area contributed by atoms with Gasteiger partial charge < -0.3 is 50.2 Å². The van der Waals surface area contributed by atoms with Crippen LogP contribution >= 0.6 is 15.6 Å². The molecule has 2 aliphatic heterocycles. The Morgan fingerprint density at radius 3 is 2.28 bits per heavy atom. The Hall–Kier alpha value is -2.16. The van der Waals surface area contributed by atoms with Crippen molar-refractivity contribution in [2.75, 3.05) is 18.9 Å². The fourth-order valence-corrected chi connectivity index (χ4v) is 5.95. The third kappa shape index (κ3) is 6.60. The van der Waals surface area contributed by atoms with Gasteiger partial charge in [0.1, 0.15) is 42.4 Å². The molecular formula is C17H25N5O15P2. The topological polar surface area (TPSA) is 298 Å². The molecule has 2 aliphatic rings. The van der Waals surface area contributed by atoms with E-state index in [1.807, 2.05) is 0 Å². The van der Waals surface area contributed by atoms with E-state index >= 15 is 0 Å². The molecule has 4 heterocycles. The Bertz CT molecular complexity index is 1300. The molecule has 22 heteroatoms. The molecule has 0 bridgehead atoms. The highest BCUT2D eigenvalue weighted by molar-refractivity contribution is 7.61. The van der Waals surface area contributed by atoms with Gasteiger partial charge in [0.05, 0.1) is 19.5 Å². The van der Waals surface area contributed by atoms with E-state index in [1.165, 1.54) is 10.9 Å². The number of carbonyl (C=O) groups is 1. The van der Waals surface area contributed by atoms with Crippen LogP contribution in [0.2, 0.25) is 0 Å². The summed E-state index contributed by atoms with van der Waals surface area (Å²) in [5.74, 6) is -0.810. The van der Waals surface area contributed by atoms with Gasteiger partial charge >= 0.3 is 21.6 Å². The number of ether oxygens (including phenoxy) is 3. The van der Waals surface area contributed by atoms with Crippen LogP contribution < -0.4 is 5.73 Å². The van der Waals surface area contributed by atoms with Crippen LogP contribution in [0.15, 0.2) is 12.7 Å². The van der Waals surface area contributed by atoms with Crippen LogP contribution in [0, 0.1) is 0 Å². The van der Waals surface area contributed by atoms with Crippen LogP contribution in [0.3, 0.4) is 0 Å². The van der Waals surface area contributed by atoms with Crippen molar-refractivity contribution in [1.82, 2.24) is 19.5 Å². The van der Waals surface area contributed by atoms with Crippen molar-refractivity contribution in [2.45, 2.75) is 56.1 Å². The third-order valence-corrected chi connectivity index (χ3v) is 8.22. The summed E-state index contributed by atoms with van der Waals surface area (Å²) in [5.41, 5.74) is 6.08. The summed E-state index contributed by atoms with van der Waals surface area (Å²) in [6, 6.07) is 0. The van der Waals surface area contributed by atoms with Gasteiger partial charge in [-0.1, -0.05) is 0 Å². The molecule has 0 aromatic carbocycles. The van der Waals surface area contributed by atoms with Crippen LogP contribution in [-0.2, 0) is 41.5 Å². The van der Waals surface area contributed by atoms with E-state index < -0.39 is 84.0 Å². The summed E-state index contributed by atoms with van der Waals surface area (Å²) in [5, 5.41) is 40.2. The van der Waals surface area contributed by atoms with Gasteiger partial charge in [0.25, 0.3) is 0 Å². The largest absolute Gasteiger partial charge is 0.481 e. The molecule has 2 saturated heterocycles. The average Bonchev–Trinajstić information content (AvgIpc) is 3.47. The molecule has 2 aromatic heterocycles. The number of nitrogens with two attached hydrogens (primary N) is 1. The molecule has 2 aromatic rings. The van der Waals surface area contributed by atoms with E-state index in [0.29, 0.717) is 0 Å². The molecule has 0 radical (unpaired) electrons. The number of aliphatic hydroxyl groups is 4. The number of fused-ring (bicyclic) bond motifs is 1.